The van der Waals surface area contributed by atoms with Crippen LogP contribution < -0.4 is 4.74 Å². The molecule has 4 nitrogen and oxygen atoms in total. The van der Waals surface area contributed by atoms with Crippen molar-refractivity contribution in [2.45, 2.75) is 13.3 Å². The van der Waals surface area contributed by atoms with Gasteiger partial charge in [0.1, 0.15) is 11.5 Å². The fraction of sp³-hybridized carbons (Fsp3) is 0.231. The average Bonchev–Trinajstić information content (AvgIpc) is 2.27. The van der Waals surface area contributed by atoms with E-state index in [4.69, 9.17) is 9.84 Å². The Labute approximate surface area is 99.5 Å². The lowest BCUT2D eigenvalue weighted by molar-refractivity contribution is -0.131. The zero-order valence-corrected chi connectivity index (χ0v) is 9.77. The molecular weight excluding hydrogens is 220 g/mol. The molecule has 1 aromatic rings. The van der Waals surface area contributed by atoms with Crippen LogP contribution in [0.15, 0.2) is 30.3 Å². The van der Waals surface area contributed by atoms with E-state index in [1.807, 2.05) is 0 Å². The monoisotopic (exact) mass is 234 g/mol. The highest BCUT2D eigenvalue weighted by Gasteiger charge is 2.07. The first-order valence-corrected chi connectivity index (χ1v) is 5.10. The first kappa shape index (κ1) is 13.0. The number of rotatable bonds is 5. The maximum absolute atomic E-state index is 11.1. The van der Waals surface area contributed by atoms with Crippen molar-refractivity contribution in [2.24, 2.45) is 0 Å². The number of ketones is 1. The second kappa shape index (κ2) is 5.84. The number of carboxylic acids is 1. The number of Topliss-reactive ketones (excluding diaryl/α,β-unsaturated/α-hetero) is 1. The van der Waals surface area contributed by atoms with Gasteiger partial charge in [0.25, 0.3) is 0 Å². The van der Waals surface area contributed by atoms with Gasteiger partial charge in [0.05, 0.1) is 7.11 Å². The normalized spacial score (nSPS) is 11.1. The van der Waals surface area contributed by atoms with Crippen LogP contribution in [-0.4, -0.2) is 24.0 Å². The molecular formula is C13H14O4. The third-order valence-corrected chi connectivity index (χ3v) is 2.20. The lowest BCUT2D eigenvalue weighted by atomic mass is 10.0. The van der Waals surface area contributed by atoms with Crippen LogP contribution in [0.1, 0.15) is 18.9 Å². The third-order valence-electron chi connectivity index (χ3n) is 2.20. The van der Waals surface area contributed by atoms with Crippen molar-refractivity contribution in [1.29, 1.82) is 0 Å². The molecule has 0 unspecified atom stereocenters. The van der Waals surface area contributed by atoms with Crippen molar-refractivity contribution >= 4 is 17.3 Å². The van der Waals surface area contributed by atoms with Crippen molar-refractivity contribution < 1.29 is 19.4 Å². The Kier molecular flexibility index (Phi) is 4.46. The van der Waals surface area contributed by atoms with Gasteiger partial charge in [0, 0.05) is 12.5 Å². The number of hydrogen-bond donors (Lipinski definition) is 1. The summed E-state index contributed by atoms with van der Waals surface area (Å²) in [6, 6.07) is 6.92. The molecule has 0 radical (unpaired) electrons. The van der Waals surface area contributed by atoms with Gasteiger partial charge in [0.2, 0.25) is 0 Å². The van der Waals surface area contributed by atoms with E-state index in [2.05, 4.69) is 0 Å². The van der Waals surface area contributed by atoms with Gasteiger partial charge in [-0.25, -0.2) is 4.79 Å². The van der Waals surface area contributed by atoms with Gasteiger partial charge in [-0.05, 0) is 30.2 Å². The molecule has 0 heterocycles. The van der Waals surface area contributed by atoms with E-state index in [-0.39, 0.29) is 12.2 Å². The highest BCUT2D eigenvalue weighted by Crippen LogP contribution is 2.21. The summed E-state index contributed by atoms with van der Waals surface area (Å²) in [6.07, 6.45) is 1.17. The molecule has 1 rings (SSSR count). The standard InChI is InChI=1S/C13H14O4/c1-9(14)7-11(8-13(15)16)10-3-5-12(17-2)6-4-10/h3-6,8H,7H2,1-2H3,(H,15,16). The number of ether oxygens (including phenoxy) is 1. The van der Waals surface area contributed by atoms with Gasteiger partial charge < -0.3 is 9.84 Å². The minimum Gasteiger partial charge on any atom is -0.497 e. The van der Waals surface area contributed by atoms with Crippen LogP contribution in [0.4, 0.5) is 0 Å². The van der Waals surface area contributed by atoms with E-state index in [1.165, 1.54) is 6.92 Å². The van der Waals surface area contributed by atoms with Crippen LogP contribution in [0.25, 0.3) is 5.57 Å². The molecule has 1 aromatic carbocycles. The number of carbonyl (C=O) groups excluding carboxylic acids is 1. The molecule has 0 atom stereocenters. The summed E-state index contributed by atoms with van der Waals surface area (Å²) in [7, 11) is 1.55. The summed E-state index contributed by atoms with van der Waals surface area (Å²) >= 11 is 0. The smallest absolute Gasteiger partial charge is 0.328 e. The molecule has 0 saturated heterocycles. The minimum absolute atomic E-state index is 0.0756. The SMILES string of the molecule is COc1ccc(C(=CC(=O)O)CC(C)=O)cc1. The fourth-order valence-electron chi connectivity index (χ4n) is 1.46. The van der Waals surface area contributed by atoms with Crippen LogP contribution in [0.5, 0.6) is 5.75 Å². The molecule has 17 heavy (non-hydrogen) atoms. The zero-order chi connectivity index (χ0) is 12.8. The van der Waals surface area contributed by atoms with Crippen LogP contribution in [-0.2, 0) is 9.59 Å². The zero-order valence-electron chi connectivity index (χ0n) is 9.77. The number of benzene rings is 1. The number of aliphatic carboxylic acids is 1. The Balaban J connectivity index is 3.04. The first-order chi connectivity index (χ1) is 8.02. The third kappa shape index (κ3) is 4.10. The number of methoxy groups -OCH3 is 1. The number of hydrogen-bond acceptors (Lipinski definition) is 3. The van der Waals surface area contributed by atoms with Crippen LogP contribution in [0.2, 0.25) is 0 Å². The molecule has 0 spiro atoms. The molecule has 0 bridgehead atoms. The van der Waals surface area contributed by atoms with Crippen LogP contribution in [0, 0.1) is 0 Å². The van der Waals surface area contributed by atoms with Gasteiger partial charge in [-0.2, -0.15) is 0 Å². The highest BCUT2D eigenvalue weighted by atomic mass is 16.5. The maximum Gasteiger partial charge on any atom is 0.328 e. The summed E-state index contributed by atoms with van der Waals surface area (Å²) < 4.78 is 5.01. The van der Waals surface area contributed by atoms with Gasteiger partial charge in [-0.3, -0.25) is 4.79 Å². The number of carbonyl (C=O) groups is 2. The van der Waals surface area contributed by atoms with E-state index >= 15 is 0 Å². The van der Waals surface area contributed by atoms with Gasteiger partial charge >= 0.3 is 5.97 Å². The van der Waals surface area contributed by atoms with Gasteiger partial charge in [0.15, 0.2) is 0 Å². The Morgan fingerprint density at radius 3 is 2.29 bits per heavy atom. The minimum atomic E-state index is -1.06. The number of carboxylic acid groups (broad SMARTS) is 1. The molecule has 0 fully saturated rings. The first-order valence-electron chi connectivity index (χ1n) is 5.10. The van der Waals surface area contributed by atoms with Crippen LogP contribution in [0.3, 0.4) is 0 Å². The average molecular weight is 234 g/mol. The second-order valence-electron chi connectivity index (χ2n) is 3.62. The molecule has 0 aromatic heterocycles. The van der Waals surface area contributed by atoms with Crippen molar-refractivity contribution in [3.8, 4) is 5.75 Å². The molecule has 0 aliphatic carbocycles. The molecule has 4 heteroatoms. The van der Waals surface area contributed by atoms with E-state index in [0.717, 1.165) is 6.08 Å². The Bertz CT molecular complexity index is 443. The molecule has 0 aliphatic heterocycles. The molecule has 0 amide bonds. The van der Waals surface area contributed by atoms with Crippen molar-refractivity contribution in [2.75, 3.05) is 7.11 Å². The summed E-state index contributed by atoms with van der Waals surface area (Å²) in [5.41, 5.74) is 1.20. The van der Waals surface area contributed by atoms with E-state index in [0.29, 0.717) is 16.9 Å². The highest BCUT2D eigenvalue weighted by molar-refractivity contribution is 5.96. The molecule has 0 aliphatic rings. The maximum atomic E-state index is 11.1. The Morgan fingerprint density at radius 2 is 1.88 bits per heavy atom. The quantitative estimate of drug-likeness (QED) is 0.793. The summed E-state index contributed by atoms with van der Waals surface area (Å²) in [5.74, 6) is -0.448. The topological polar surface area (TPSA) is 63.6 Å². The van der Waals surface area contributed by atoms with E-state index in [9.17, 15) is 9.59 Å². The van der Waals surface area contributed by atoms with Crippen molar-refractivity contribution in [3.63, 3.8) is 0 Å². The van der Waals surface area contributed by atoms with E-state index < -0.39 is 5.97 Å². The van der Waals surface area contributed by atoms with E-state index in [1.54, 1.807) is 31.4 Å². The van der Waals surface area contributed by atoms with Gasteiger partial charge in [-0.15, -0.1) is 0 Å². The Morgan fingerprint density at radius 1 is 1.29 bits per heavy atom. The number of allylic oxidation sites excluding steroid dienone is 1. The fourth-order valence-corrected chi connectivity index (χ4v) is 1.46. The van der Waals surface area contributed by atoms with Gasteiger partial charge in [-0.1, -0.05) is 12.1 Å². The molecule has 0 saturated carbocycles. The van der Waals surface area contributed by atoms with Crippen molar-refractivity contribution in [3.05, 3.63) is 35.9 Å². The lowest BCUT2D eigenvalue weighted by Crippen LogP contribution is -1.98. The molecule has 1 N–H and O–H groups in total. The largest absolute Gasteiger partial charge is 0.497 e. The summed E-state index contributed by atoms with van der Waals surface area (Å²) in [4.78, 5) is 21.7. The predicted octanol–water partition coefficient (Wildman–Crippen LogP) is 2.14. The Hall–Kier alpha value is -2.10. The lowest BCUT2D eigenvalue weighted by Gasteiger charge is -2.06. The van der Waals surface area contributed by atoms with Crippen LogP contribution >= 0.6 is 0 Å². The predicted molar refractivity (Wildman–Crippen MR) is 63.9 cm³/mol. The second-order valence-corrected chi connectivity index (χ2v) is 3.62. The van der Waals surface area contributed by atoms with Crippen molar-refractivity contribution in [1.82, 2.24) is 0 Å². The summed E-state index contributed by atoms with van der Waals surface area (Å²) in [5, 5.41) is 8.75. The molecule has 90 valence electrons. The summed E-state index contributed by atoms with van der Waals surface area (Å²) in [6.45, 7) is 1.43.